The van der Waals surface area contributed by atoms with Crippen LogP contribution in [0.1, 0.15) is 54.9 Å². The van der Waals surface area contributed by atoms with E-state index >= 15 is 0 Å². The molecule has 0 saturated carbocycles. The van der Waals surface area contributed by atoms with Gasteiger partial charge in [0.15, 0.2) is 0 Å². The first kappa shape index (κ1) is 15.8. The number of allylic oxidation sites excluding steroid dienone is 3. The Morgan fingerprint density at radius 2 is 1.67 bits per heavy atom. The maximum absolute atomic E-state index is 10.6. The molecule has 0 aromatic heterocycles. The topological polar surface area (TPSA) is 20.2 Å². The van der Waals surface area contributed by atoms with Gasteiger partial charge in [-0.2, -0.15) is 0 Å². The molecule has 1 rings (SSSR count). The van der Waals surface area contributed by atoms with Gasteiger partial charge in [-0.1, -0.05) is 70.5 Å². The number of alkyl halides is 1. The average Bonchev–Trinajstić information content (AvgIpc) is 2.18. The third kappa shape index (κ3) is 3.20. The number of hydrogen-bond acceptors (Lipinski definition) is 1. The summed E-state index contributed by atoms with van der Waals surface area (Å²) in [5.41, 5.74) is 2.35. The predicted molar refractivity (Wildman–Crippen MR) is 83.2 cm³/mol. The van der Waals surface area contributed by atoms with E-state index in [-0.39, 0.29) is 16.2 Å². The van der Waals surface area contributed by atoms with E-state index in [1.54, 1.807) is 0 Å². The van der Waals surface area contributed by atoms with Gasteiger partial charge in [0, 0.05) is 5.33 Å². The average molecular weight is 315 g/mol. The molecule has 0 aromatic rings. The van der Waals surface area contributed by atoms with Crippen molar-refractivity contribution in [3.63, 3.8) is 0 Å². The Morgan fingerprint density at radius 1 is 1.17 bits per heavy atom. The normalized spacial score (nSPS) is 26.3. The molecular weight excluding hydrogens is 288 g/mol. The van der Waals surface area contributed by atoms with Gasteiger partial charge in [0.05, 0.1) is 0 Å². The van der Waals surface area contributed by atoms with Crippen LogP contribution in [0.15, 0.2) is 23.0 Å². The first-order chi connectivity index (χ1) is 7.91. The molecule has 1 N–H and O–H groups in total. The van der Waals surface area contributed by atoms with E-state index in [0.717, 1.165) is 17.3 Å². The number of hydrogen-bond donors (Lipinski definition) is 1. The Balaban J connectivity index is 3.41. The van der Waals surface area contributed by atoms with Gasteiger partial charge in [-0.25, -0.2) is 0 Å². The van der Waals surface area contributed by atoms with Gasteiger partial charge in [0.2, 0.25) is 0 Å². The van der Waals surface area contributed by atoms with Gasteiger partial charge in [-0.3, -0.25) is 0 Å². The number of aliphatic hydroxyl groups is 1. The molecule has 0 fully saturated rings. The number of rotatable bonds is 1. The molecule has 1 unspecified atom stereocenters. The molecule has 0 aliphatic heterocycles. The van der Waals surface area contributed by atoms with Crippen LogP contribution in [-0.2, 0) is 0 Å². The van der Waals surface area contributed by atoms with Crippen molar-refractivity contribution in [2.45, 2.75) is 54.9 Å². The van der Waals surface area contributed by atoms with Gasteiger partial charge in [0.1, 0.15) is 5.76 Å². The van der Waals surface area contributed by atoms with Crippen LogP contribution in [0.4, 0.5) is 0 Å². The van der Waals surface area contributed by atoms with Crippen LogP contribution in [0, 0.1) is 16.2 Å². The van der Waals surface area contributed by atoms with Gasteiger partial charge >= 0.3 is 0 Å². The first-order valence-electron chi connectivity index (χ1n) is 6.63. The molecule has 1 aliphatic rings. The highest BCUT2D eigenvalue weighted by Crippen LogP contribution is 2.48. The summed E-state index contributed by atoms with van der Waals surface area (Å²) >= 11 is 3.63. The molecule has 0 aromatic carbocycles. The Kier molecular flexibility index (Phi) is 4.13. The third-order valence-electron chi connectivity index (χ3n) is 3.63. The molecule has 104 valence electrons. The van der Waals surface area contributed by atoms with Crippen LogP contribution in [0.5, 0.6) is 0 Å². The van der Waals surface area contributed by atoms with E-state index in [0.29, 0.717) is 5.76 Å². The molecular formula is C16H27BrO. The minimum absolute atomic E-state index is 0.0122. The summed E-state index contributed by atoms with van der Waals surface area (Å²) in [6, 6.07) is 0. The zero-order chi connectivity index (χ0) is 14.4. The molecule has 18 heavy (non-hydrogen) atoms. The molecule has 0 amide bonds. The zero-order valence-corrected chi connectivity index (χ0v) is 14.4. The smallest absolute Gasteiger partial charge is 0.118 e. The molecule has 2 heteroatoms. The van der Waals surface area contributed by atoms with Crippen molar-refractivity contribution in [1.29, 1.82) is 0 Å². The molecule has 1 aliphatic carbocycles. The van der Waals surface area contributed by atoms with Crippen molar-refractivity contribution < 1.29 is 5.11 Å². The van der Waals surface area contributed by atoms with Crippen molar-refractivity contribution in [2.24, 2.45) is 16.2 Å². The molecule has 0 spiro atoms. The van der Waals surface area contributed by atoms with Crippen molar-refractivity contribution in [1.82, 2.24) is 0 Å². The predicted octanol–water partition coefficient (Wildman–Crippen LogP) is 5.62. The molecule has 0 radical (unpaired) electrons. The number of halogens is 1. The lowest BCUT2D eigenvalue weighted by Gasteiger charge is -2.40. The summed E-state index contributed by atoms with van der Waals surface area (Å²) in [6.07, 6.45) is 3.18. The van der Waals surface area contributed by atoms with E-state index in [1.807, 2.05) is 0 Å². The fraction of sp³-hybridized carbons (Fsp3) is 0.750. The quantitative estimate of drug-likeness (QED) is 0.622. The van der Waals surface area contributed by atoms with Gasteiger partial charge < -0.3 is 5.11 Å². The Labute approximate surface area is 120 Å². The third-order valence-corrected chi connectivity index (χ3v) is 4.91. The molecule has 0 saturated heterocycles. The first-order valence-corrected chi connectivity index (χ1v) is 7.75. The van der Waals surface area contributed by atoms with E-state index in [1.165, 1.54) is 5.57 Å². The van der Waals surface area contributed by atoms with Crippen LogP contribution < -0.4 is 0 Å². The summed E-state index contributed by atoms with van der Waals surface area (Å²) in [5, 5.41) is 11.5. The Morgan fingerprint density at radius 3 is 2.00 bits per heavy atom. The van der Waals surface area contributed by atoms with Crippen molar-refractivity contribution in [3.8, 4) is 0 Å². The van der Waals surface area contributed by atoms with Gasteiger partial charge in [-0.15, -0.1) is 0 Å². The van der Waals surface area contributed by atoms with E-state index in [9.17, 15) is 5.11 Å². The lowest BCUT2D eigenvalue weighted by atomic mass is 9.67. The number of aliphatic hydroxyl groups excluding tert-OH is 1. The van der Waals surface area contributed by atoms with E-state index in [4.69, 9.17) is 0 Å². The highest BCUT2D eigenvalue weighted by Gasteiger charge is 2.38. The fourth-order valence-corrected chi connectivity index (χ4v) is 2.76. The maximum atomic E-state index is 10.6. The zero-order valence-electron chi connectivity index (χ0n) is 12.8. The van der Waals surface area contributed by atoms with Crippen molar-refractivity contribution >= 4 is 15.9 Å². The van der Waals surface area contributed by atoms with E-state index in [2.05, 4.69) is 70.5 Å². The maximum Gasteiger partial charge on any atom is 0.118 e. The van der Waals surface area contributed by atoms with Crippen LogP contribution in [0.25, 0.3) is 0 Å². The van der Waals surface area contributed by atoms with Crippen LogP contribution in [0.2, 0.25) is 0 Å². The van der Waals surface area contributed by atoms with Crippen LogP contribution in [-0.4, -0.2) is 10.4 Å². The summed E-state index contributed by atoms with van der Waals surface area (Å²) in [5.74, 6) is 0.522. The van der Waals surface area contributed by atoms with Crippen LogP contribution >= 0.6 is 15.9 Å². The summed E-state index contributed by atoms with van der Waals surface area (Å²) in [4.78, 5) is 0. The SMILES string of the molecule is CC1(CBr)C=C(C(C)(C)C)C(O)=C(C(C)(C)C)C1. The van der Waals surface area contributed by atoms with Crippen molar-refractivity contribution in [2.75, 3.05) is 5.33 Å². The van der Waals surface area contributed by atoms with Crippen molar-refractivity contribution in [3.05, 3.63) is 23.0 Å². The fourth-order valence-electron chi connectivity index (χ4n) is 2.40. The van der Waals surface area contributed by atoms with Crippen LogP contribution in [0.3, 0.4) is 0 Å². The second kappa shape index (κ2) is 4.70. The molecule has 0 bridgehead atoms. The largest absolute Gasteiger partial charge is 0.508 e. The summed E-state index contributed by atoms with van der Waals surface area (Å²) < 4.78 is 0. The summed E-state index contributed by atoms with van der Waals surface area (Å²) in [7, 11) is 0. The standard InChI is InChI=1S/C16H27BrO/c1-14(2,3)11-8-16(7,10-17)9-12(13(11)18)15(4,5)6/h8,18H,9-10H2,1-7H3. The minimum Gasteiger partial charge on any atom is -0.508 e. The Hall–Kier alpha value is -0.240. The highest BCUT2D eigenvalue weighted by atomic mass is 79.9. The highest BCUT2D eigenvalue weighted by molar-refractivity contribution is 9.09. The second-order valence-electron chi connectivity index (χ2n) is 7.85. The molecule has 1 atom stereocenters. The van der Waals surface area contributed by atoms with Gasteiger partial charge in [0.25, 0.3) is 0 Å². The van der Waals surface area contributed by atoms with Gasteiger partial charge in [-0.05, 0) is 33.8 Å². The Bertz CT molecular complexity index is 390. The molecule has 0 heterocycles. The second-order valence-corrected chi connectivity index (χ2v) is 8.41. The monoisotopic (exact) mass is 314 g/mol. The lowest BCUT2D eigenvalue weighted by Crippen LogP contribution is -2.30. The molecule has 1 nitrogen and oxygen atoms in total. The van der Waals surface area contributed by atoms with E-state index < -0.39 is 0 Å². The lowest BCUT2D eigenvalue weighted by molar-refractivity contribution is 0.303. The summed E-state index contributed by atoms with van der Waals surface area (Å²) in [6.45, 7) is 15.3. The minimum atomic E-state index is -0.0234.